The summed E-state index contributed by atoms with van der Waals surface area (Å²) in [6.07, 6.45) is 1.40. The van der Waals surface area contributed by atoms with Gasteiger partial charge in [0.2, 0.25) is 5.91 Å². The van der Waals surface area contributed by atoms with E-state index in [1.54, 1.807) is 11.8 Å². The maximum absolute atomic E-state index is 11.8. The molecule has 0 aliphatic rings. The molecule has 0 heterocycles. The molecule has 4 heteroatoms. The molecule has 2 nitrogen and oxygen atoms in total. The van der Waals surface area contributed by atoms with Crippen molar-refractivity contribution in [3.8, 4) is 0 Å². The molecule has 2 rings (SSSR count). The first-order valence-electron chi connectivity index (χ1n) is 7.78. The molecule has 1 amide bonds. The molecule has 2 aromatic carbocycles. The van der Waals surface area contributed by atoms with Gasteiger partial charge in [0.25, 0.3) is 0 Å². The molecule has 0 unspecified atom stereocenters. The van der Waals surface area contributed by atoms with Crippen molar-refractivity contribution in [2.45, 2.75) is 25.5 Å². The quantitative estimate of drug-likeness (QED) is 0.705. The average Bonchev–Trinajstić information content (AvgIpc) is 2.55. The SMILES string of the molecule is Cc1ccccc1CSCCC(=O)NCCc1ccc(Cl)cc1. The first kappa shape index (κ1) is 17.9. The lowest BCUT2D eigenvalue weighted by Gasteiger charge is -2.07. The standard InChI is InChI=1S/C19H22ClNOS/c1-15-4-2-3-5-17(15)14-23-13-11-19(22)21-12-10-16-6-8-18(20)9-7-16/h2-9H,10-14H2,1H3,(H,21,22). The van der Waals surface area contributed by atoms with Crippen molar-refractivity contribution in [3.05, 3.63) is 70.2 Å². The van der Waals surface area contributed by atoms with E-state index in [-0.39, 0.29) is 5.91 Å². The molecule has 1 N–H and O–H groups in total. The number of hydrogen-bond donors (Lipinski definition) is 1. The number of thioether (sulfide) groups is 1. The monoisotopic (exact) mass is 347 g/mol. The molecule has 23 heavy (non-hydrogen) atoms. The van der Waals surface area contributed by atoms with E-state index >= 15 is 0 Å². The van der Waals surface area contributed by atoms with E-state index in [2.05, 4.69) is 36.5 Å². The van der Waals surface area contributed by atoms with Gasteiger partial charge in [-0.1, -0.05) is 48.0 Å². The van der Waals surface area contributed by atoms with Gasteiger partial charge in [-0.05, 0) is 42.2 Å². The second kappa shape index (κ2) is 9.64. The second-order valence-corrected chi connectivity index (χ2v) is 7.00. The number of halogens is 1. The van der Waals surface area contributed by atoms with E-state index in [4.69, 9.17) is 11.6 Å². The Labute approximate surface area is 147 Å². The van der Waals surface area contributed by atoms with Crippen molar-refractivity contribution in [2.24, 2.45) is 0 Å². The Kier molecular flexibility index (Phi) is 7.50. The number of hydrogen-bond acceptors (Lipinski definition) is 2. The fraction of sp³-hybridized carbons (Fsp3) is 0.316. The van der Waals surface area contributed by atoms with Crippen LogP contribution in [0.4, 0.5) is 0 Å². The van der Waals surface area contributed by atoms with Crippen LogP contribution < -0.4 is 5.32 Å². The van der Waals surface area contributed by atoms with E-state index in [0.717, 1.165) is 22.9 Å². The second-order valence-electron chi connectivity index (χ2n) is 5.46. The van der Waals surface area contributed by atoms with Gasteiger partial charge < -0.3 is 5.32 Å². The van der Waals surface area contributed by atoms with Gasteiger partial charge in [-0.25, -0.2) is 0 Å². The molecule has 0 atom stereocenters. The summed E-state index contributed by atoms with van der Waals surface area (Å²) < 4.78 is 0. The van der Waals surface area contributed by atoms with Crippen LogP contribution in [0, 0.1) is 6.92 Å². The summed E-state index contributed by atoms with van der Waals surface area (Å²) in [6.45, 7) is 2.79. The lowest BCUT2D eigenvalue weighted by molar-refractivity contribution is -0.120. The third-order valence-electron chi connectivity index (χ3n) is 3.64. The molecule has 0 aromatic heterocycles. The summed E-state index contributed by atoms with van der Waals surface area (Å²) in [5, 5.41) is 3.71. The lowest BCUT2D eigenvalue weighted by Crippen LogP contribution is -2.25. The molecule has 0 aliphatic carbocycles. The van der Waals surface area contributed by atoms with E-state index < -0.39 is 0 Å². The average molecular weight is 348 g/mol. The molecule has 0 bridgehead atoms. The van der Waals surface area contributed by atoms with Crippen LogP contribution in [0.1, 0.15) is 23.1 Å². The van der Waals surface area contributed by atoms with Crippen molar-refractivity contribution in [1.29, 1.82) is 0 Å². The fourth-order valence-corrected chi connectivity index (χ4v) is 3.35. The fourth-order valence-electron chi connectivity index (χ4n) is 2.20. The van der Waals surface area contributed by atoms with E-state index in [1.807, 2.05) is 24.3 Å². The minimum Gasteiger partial charge on any atom is -0.356 e. The number of carbonyl (C=O) groups is 1. The first-order valence-corrected chi connectivity index (χ1v) is 9.32. The van der Waals surface area contributed by atoms with Gasteiger partial charge in [0.1, 0.15) is 0 Å². The van der Waals surface area contributed by atoms with Gasteiger partial charge in [0.05, 0.1) is 0 Å². The molecular formula is C19H22ClNOS. The van der Waals surface area contributed by atoms with Gasteiger partial charge >= 0.3 is 0 Å². The summed E-state index contributed by atoms with van der Waals surface area (Å²) >= 11 is 7.65. The van der Waals surface area contributed by atoms with Crippen LogP contribution in [0.15, 0.2) is 48.5 Å². The number of rotatable bonds is 8. The van der Waals surface area contributed by atoms with Crippen LogP contribution in [0.25, 0.3) is 0 Å². The van der Waals surface area contributed by atoms with Crippen LogP contribution in [0.3, 0.4) is 0 Å². The highest BCUT2D eigenvalue weighted by atomic mass is 35.5. The van der Waals surface area contributed by atoms with Crippen molar-refractivity contribution in [3.63, 3.8) is 0 Å². The predicted molar refractivity (Wildman–Crippen MR) is 100 cm³/mol. The molecule has 122 valence electrons. The zero-order valence-electron chi connectivity index (χ0n) is 13.3. The van der Waals surface area contributed by atoms with Crippen molar-refractivity contribution >= 4 is 29.3 Å². The first-order chi connectivity index (χ1) is 11.1. The van der Waals surface area contributed by atoms with E-state index in [0.29, 0.717) is 13.0 Å². The Hall–Kier alpha value is -1.45. The van der Waals surface area contributed by atoms with Gasteiger partial charge in [0, 0.05) is 29.5 Å². The highest BCUT2D eigenvalue weighted by molar-refractivity contribution is 7.98. The van der Waals surface area contributed by atoms with Gasteiger partial charge in [0.15, 0.2) is 0 Å². The number of benzene rings is 2. The van der Waals surface area contributed by atoms with E-state index in [9.17, 15) is 4.79 Å². The zero-order chi connectivity index (χ0) is 16.5. The Morgan fingerprint density at radius 3 is 2.61 bits per heavy atom. The Morgan fingerprint density at radius 1 is 1.13 bits per heavy atom. The molecule has 0 radical (unpaired) electrons. The third kappa shape index (κ3) is 6.67. The summed E-state index contributed by atoms with van der Waals surface area (Å²) in [4.78, 5) is 11.8. The molecule has 2 aromatic rings. The van der Waals surface area contributed by atoms with Crippen LogP contribution in [0.2, 0.25) is 5.02 Å². The van der Waals surface area contributed by atoms with Crippen molar-refractivity contribution in [1.82, 2.24) is 5.32 Å². The maximum Gasteiger partial charge on any atom is 0.220 e. The molecule has 0 spiro atoms. The Balaban J connectivity index is 1.58. The minimum atomic E-state index is 0.122. The number of amides is 1. The van der Waals surface area contributed by atoms with Crippen LogP contribution >= 0.6 is 23.4 Å². The maximum atomic E-state index is 11.8. The zero-order valence-corrected chi connectivity index (χ0v) is 14.9. The molecule has 0 saturated carbocycles. The van der Waals surface area contributed by atoms with Crippen LogP contribution in [-0.4, -0.2) is 18.2 Å². The Bertz CT molecular complexity index is 628. The predicted octanol–water partition coefficient (Wildman–Crippen LogP) is 4.63. The highest BCUT2D eigenvalue weighted by Crippen LogP contribution is 2.16. The smallest absolute Gasteiger partial charge is 0.220 e. The van der Waals surface area contributed by atoms with Gasteiger partial charge in [-0.15, -0.1) is 0 Å². The minimum absolute atomic E-state index is 0.122. The van der Waals surface area contributed by atoms with Crippen molar-refractivity contribution in [2.75, 3.05) is 12.3 Å². The van der Waals surface area contributed by atoms with Crippen LogP contribution in [-0.2, 0) is 17.0 Å². The number of aryl methyl sites for hydroxylation is 1. The molecular weight excluding hydrogens is 326 g/mol. The highest BCUT2D eigenvalue weighted by Gasteiger charge is 2.02. The summed E-state index contributed by atoms with van der Waals surface area (Å²) in [7, 11) is 0. The van der Waals surface area contributed by atoms with Crippen LogP contribution in [0.5, 0.6) is 0 Å². The topological polar surface area (TPSA) is 29.1 Å². The largest absolute Gasteiger partial charge is 0.356 e. The van der Waals surface area contributed by atoms with Gasteiger partial charge in [-0.3, -0.25) is 4.79 Å². The molecule has 0 saturated heterocycles. The summed E-state index contributed by atoms with van der Waals surface area (Å²) in [6, 6.07) is 16.1. The number of nitrogens with one attached hydrogen (secondary N) is 1. The number of carbonyl (C=O) groups excluding carboxylic acids is 1. The molecule has 0 fully saturated rings. The van der Waals surface area contributed by atoms with Crippen molar-refractivity contribution < 1.29 is 4.79 Å². The van der Waals surface area contributed by atoms with E-state index in [1.165, 1.54) is 16.7 Å². The lowest BCUT2D eigenvalue weighted by atomic mass is 10.1. The summed E-state index contributed by atoms with van der Waals surface area (Å²) in [5.41, 5.74) is 3.84. The normalized spacial score (nSPS) is 10.5. The molecule has 0 aliphatic heterocycles. The summed E-state index contributed by atoms with van der Waals surface area (Å²) in [5.74, 6) is 1.93. The Morgan fingerprint density at radius 2 is 1.87 bits per heavy atom. The van der Waals surface area contributed by atoms with Gasteiger partial charge in [-0.2, -0.15) is 11.8 Å². The third-order valence-corrected chi connectivity index (χ3v) is 4.90.